The van der Waals surface area contributed by atoms with E-state index in [4.69, 9.17) is 0 Å². The zero-order valence-corrected chi connectivity index (χ0v) is 6.00. The molecule has 1 aliphatic heterocycles. The molecule has 2 N–H and O–H groups in total. The Balaban J connectivity index is 2.55. The first kappa shape index (κ1) is 6.05. The van der Waals surface area contributed by atoms with Crippen molar-refractivity contribution >= 4 is 0 Å². The standard InChI is InChI=1S/C6H14N2/c1-5(2)6(3,7-4)8-5/h7-8H,1-4H3. The van der Waals surface area contributed by atoms with E-state index in [9.17, 15) is 0 Å². The van der Waals surface area contributed by atoms with Crippen molar-refractivity contribution in [2.45, 2.75) is 32.0 Å². The molecule has 0 aliphatic carbocycles. The van der Waals surface area contributed by atoms with Crippen LogP contribution in [0.3, 0.4) is 0 Å². The van der Waals surface area contributed by atoms with Crippen LogP contribution in [0.2, 0.25) is 0 Å². The summed E-state index contributed by atoms with van der Waals surface area (Å²) in [7, 11) is 1.97. The van der Waals surface area contributed by atoms with Crippen molar-refractivity contribution in [1.82, 2.24) is 10.6 Å². The maximum Gasteiger partial charge on any atom is 0.0843 e. The Labute approximate surface area is 50.7 Å². The van der Waals surface area contributed by atoms with Gasteiger partial charge in [-0.1, -0.05) is 0 Å². The van der Waals surface area contributed by atoms with Gasteiger partial charge in [0.1, 0.15) is 0 Å². The average Bonchev–Trinajstić information content (AvgIpc) is 2.10. The molecule has 2 nitrogen and oxygen atoms in total. The highest BCUT2D eigenvalue weighted by molar-refractivity contribution is 5.16. The second-order valence-electron chi connectivity index (χ2n) is 3.12. The molecular formula is C6H14N2. The van der Waals surface area contributed by atoms with Crippen molar-refractivity contribution in [3.8, 4) is 0 Å². The van der Waals surface area contributed by atoms with Crippen LogP contribution in [0.25, 0.3) is 0 Å². The smallest absolute Gasteiger partial charge is 0.0843 e. The van der Waals surface area contributed by atoms with Gasteiger partial charge in [-0.15, -0.1) is 0 Å². The molecule has 1 fully saturated rings. The number of nitrogens with one attached hydrogen (secondary N) is 2. The monoisotopic (exact) mass is 114 g/mol. The van der Waals surface area contributed by atoms with Gasteiger partial charge in [-0.25, -0.2) is 0 Å². The maximum absolute atomic E-state index is 3.32. The molecule has 0 aromatic rings. The molecule has 1 heterocycles. The highest BCUT2D eigenvalue weighted by Crippen LogP contribution is 2.33. The zero-order chi connectivity index (χ0) is 6.41. The molecule has 1 unspecified atom stereocenters. The van der Waals surface area contributed by atoms with Gasteiger partial charge in [-0.3, -0.25) is 5.32 Å². The van der Waals surface area contributed by atoms with Crippen molar-refractivity contribution in [1.29, 1.82) is 0 Å². The van der Waals surface area contributed by atoms with Crippen LogP contribution in [0.15, 0.2) is 0 Å². The fraction of sp³-hybridized carbons (Fsp3) is 1.00. The summed E-state index contributed by atoms with van der Waals surface area (Å²) in [6.07, 6.45) is 0. The molecule has 0 spiro atoms. The molecule has 1 atom stereocenters. The summed E-state index contributed by atoms with van der Waals surface area (Å²) in [5, 5.41) is 6.52. The van der Waals surface area contributed by atoms with Crippen LogP contribution in [0.1, 0.15) is 20.8 Å². The molecule has 0 bridgehead atoms. The summed E-state index contributed by atoms with van der Waals surface area (Å²) in [6.45, 7) is 6.53. The lowest BCUT2D eigenvalue weighted by Gasteiger charge is -2.07. The second kappa shape index (κ2) is 1.25. The average molecular weight is 114 g/mol. The largest absolute Gasteiger partial charge is 0.301 e. The predicted octanol–water partition coefficient (Wildman–Crippen LogP) is 0.304. The number of likely N-dealkylation sites (N-methyl/N-ethyl adjacent to an activating group) is 1. The summed E-state index contributed by atoms with van der Waals surface area (Å²) in [5.41, 5.74) is 0.481. The highest BCUT2D eigenvalue weighted by atomic mass is 15.4. The first-order valence-electron chi connectivity index (χ1n) is 3.00. The number of hydrogen-bond acceptors (Lipinski definition) is 2. The first-order chi connectivity index (χ1) is 3.52. The quantitative estimate of drug-likeness (QED) is 0.481. The van der Waals surface area contributed by atoms with Crippen molar-refractivity contribution in [2.75, 3.05) is 7.05 Å². The van der Waals surface area contributed by atoms with Crippen molar-refractivity contribution in [3.05, 3.63) is 0 Å². The third kappa shape index (κ3) is 0.565. The van der Waals surface area contributed by atoms with E-state index in [-0.39, 0.29) is 5.66 Å². The van der Waals surface area contributed by atoms with Gasteiger partial charge >= 0.3 is 0 Å². The minimum absolute atomic E-state index is 0.188. The summed E-state index contributed by atoms with van der Waals surface area (Å²) >= 11 is 0. The van der Waals surface area contributed by atoms with Crippen LogP contribution in [-0.4, -0.2) is 18.2 Å². The molecule has 0 saturated carbocycles. The molecule has 8 heavy (non-hydrogen) atoms. The Morgan fingerprint density at radius 2 is 1.62 bits per heavy atom. The number of hydrogen-bond donors (Lipinski definition) is 2. The minimum atomic E-state index is 0.188. The molecular weight excluding hydrogens is 100 g/mol. The van der Waals surface area contributed by atoms with Crippen molar-refractivity contribution < 1.29 is 0 Å². The summed E-state index contributed by atoms with van der Waals surface area (Å²) in [4.78, 5) is 0. The van der Waals surface area contributed by atoms with Gasteiger partial charge in [0.2, 0.25) is 0 Å². The second-order valence-corrected chi connectivity index (χ2v) is 3.12. The maximum atomic E-state index is 3.32. The molecule has 0 aromatic heterocycles. The van der Waals surface area contributed by atoms with Gasteiger partial charge < -0.3 is 5.32 Å². The Morgan fingerprint density at radius 3 is 1.62 bits per heavy atom. The van der Waals surface area contributed by atoms with Gasteiger partial charge in [-0.05, 0) is 27.8 Å². The Kier molecular flexibility index (Phi) is 0.946. The van der Waals surface area contributed by atoms with Gasteiger partial charge in [0, 0.05) is 5.54 Å². The lowest BCUT2D eigenvalue weighted by atomic mass is 10.1. The third-order valence-electron chi connectivity index (χ3n) is 2.25. The van der Waals surface area contributed by atoms with Crippen LogP contribution < -0.4 is 10.6 Å². The van der Waals surface area contributed by atoms with Gasteiger partial charge in [0.25, 0.3) is 0 Å². The van der Waals surface area contributed by atoms with Crippen LogP contribution >= 0.6 is 0 Å². The fourth-order valence-electron chi connectivity index (χ4n) is 0.969. The van der Waals surface area contributed by atoms with Crippen molar-refractivity contribution in [2.24, 2.45) is 0 Å². The van der Waals surface area contributed by atoms with Crippen LogP contribution in [0.4, 0.5) is 0 Å². The van der Waals surface area contributed by atoms with Crippen LogP contribution in [0.5, 0.6) is 0 Å². The zero-order valence-electron chi connectivity index (χ0n) is 6.00. The lowest BCUT2D eigenvalue weighted by Crippen LogP contribution is -2.32. The highest BCUT2D eigenvalue weighted by Gasteiger charge is 2.55. The fourth-order valence-corrected chi connectivity index (χ4v) is 0.969. The van der Waals surface area contributed by atoms with Crippen LogP contribution in [0, 0.1) is 0 Å². The molecule has 0 aromatic carbocycles. The van der Waals surface area contributed by atoms with E-state index in [0.29, 0.717) is 5.54 Å². The molecule has 48 valence electrons. The van der Waals surface area contributed by atoms with Crippen molar-refractivity contribution in [3.63, 3.8) is 0 Å². The normalized spacial score (nSPS) is 42.0. The minimum Gasteiger partial charge on any atom is -0.301 e. The molecule has 0 radical (unpaired) electrons. The molecule has 2 heteroatoms. The van der Waals surface area contributed by atoms with E-state index in [1.165, 1.54) is 0 Å². The Hall–Kier alpha value is -0.0800. The molecule has 1 aliphatic rings. The molecule has 1 rings (SSSR count). The van der Waals surface area contributed by atoms with Gasteiger partial charge in [-0.2, -0.15) is 0 Å². The van der Waals surface area contributed by atoms with E-state index in [1.54, 1.807) is 0 Å². The third-order valence-corrected chi connectivity index (χ3v) is 2.25. The van der Waals surface area contributed by atoms with E-state index in [1.807, 2.05) is 7.05 Å². The first-order valence-corrected chi connectivity index (χ1v) is 3.00. The van der Waals surface area contributed by atoms with Gasteiger partial charge in [0.05, 0.1) is 5.66 Å². The summed E-state index contributed by atoms with van der Waals surface area (Å²) in [5.74, 6) is 0. The summed E-state index contributed by atoms with van der Waals surface area (Å²) < 4.78 is 0. The van der Waals surface area contributed by atoms with Gasteiger partial charge in [0.15, 0.2) is 0 Å². The summed E-state index contributed by atoms with van der Waals surface area (Å²) in [6, 6.07) is 0. The Morgan fingerprint density at radius 1 is 1.25 bits per heavy atom. The SMILES string of the molecule is CNC1(C)NC1(C)C. The predicted molar refractivity (Wildman–Crippen MR) is 34.7 cm³/mol. The number of rotatable bonds is 1. The molecule has 0 amide bonds. The van der Waals surface area contributed by atoms with Crippen LogP contribution in [-0.2, 0) is 0 Å². The molecule has 1 saturated heterocycles. The van der Waals surface area contributed by atoms with E-state index in [2.05, 4.69) is 31.4 Å². The van der Waals surface area contributed by atoms with E-state index in [0.717, 1.165) is 0 Å². The lowest BCUT2D eigenvalue weighted by molar-refractivity contribution is 0.525. The van der Waals surface area contributed by atoms with E-state index < -0.39 is 0 Å². The van der Waals surface area contributed by atoms with E-state index >= 15 is 0 Å². The topological polar surface area (TPSA) is 34.0 Å². The Bertz CT molecular complexity index is 109.